The van der Waals surface area contributed by atoms with E-state index in [9.17, 15) is 9.59 Å². The Morgan fingerprint density at radius 1 is 1.08 bits per heavy atom. The van der Waals surface area contributed by atoms with Crippen molar-refractivity contribution in [3.63, 3.8) is 0 Å². The first-order valence-electron chi connectivity index (χ1n) is 4.45. The molecule has 0 aliphatic carbocycles. The molecule has 0 heterocycles. The van der Waals surface area contributed by atoms with Crippen LogP contribution in [0, 0.1) is 0 Å². The zero-order chi connectivity index (χ0) is 10.1. The molecule has 76 valence electrons. The Hall–Kier alpha value is -0.900. The fraction of sp³-hybridized carbons (Fsp3) is 0.778. The van der Waals surface area contributed by atoms with Crippen molar-refractivity contribution in [1.82, 2.24) is 0 Å². The minimum Gasteiger partial charge on any atom is -0.466 e. The Balaban J connectivity index is 3.40. The minimum atomic E-state index is -0.327. The van der Waals surface area contributed by atoms with Crippen molar-refractivity contribution in [3.05, 3.63) is 0 Å². The monoisotopic (exact) mass is 188 g/mol. The van der Waals surface area contributed by atoms with E-state index in [1.165, 1.54) is 0 Å². The van der Waals surface area contributed by atoms with Crippen LogP contribution >= 0.6 is 0 Å². The van der Waals surface area contributed by atoms with Crippen LogP contribution in [-0.4, -0.2) is 31.6 Å². The first-order chi connectivity index (χ1) is 6.20. The maximum Gasteiger partial charge on any atom is 0.306 e. The van der Waals surface area contributed by atoms with Gasteiger partial charge in [0.2, 0.25) is 0 Å². The first kappa shape index (κ1) is 12.1. The van der Waals surface area contributed by atoms with Crippen molar-refractivity contribution < 1.29 is 19.1 Å². The summed E-state index contributed by atoms with van der Waals surface area (Å²) in [5.74, 6) is -0.387. The first-order valence-corrected chi connectivity index (χ1v) is 4.45. The van der Waals surface area contributed by atoms with Crippen LogP contribution in [0.1, 0.15) is 26.7 Å². The van der Waals surface area contributed by atoms with Crippen LogP contribution in [0.25, 0.3) is 0 Å². The molecule has 4 heteroatoms. The van der Waals surface area contributed by atoms with E-state index in [1.54, 1.807) is 6.92 Å². The third kappa shape index (κ3) is 7.46. The van der Waals surface area contributed by atoms with Crippen LogP contribution in [0.15, 0.2) is 0 Å². The van der Waals surface area contributed by atoms with Crippen molar-refractivity contribution in [2.24, 2.45) is 0 Å². The molecule has 0 atom stereocenters. The molecule has 0 aromatic rings. The number of carbonyl (C=O) groups is 2. The summed E-state index contributed by atoms with van der Waals surface area (Å²) in [4.78, 5) is 21.8. The molecule has 0 radical (unpaired) electrons. The Morgan fingerprint density at radius 2 is 1.77 bits per heavy atom. The molecular formula is C9H16O4. The summed E-state index contributed by atoms with van der Waals surface area (Å²) in [6.45, 7) is 4.53. The predicted octanol–water partition coefficient (Wildman–Crippen LogP) is 0.935. The van der Waals surface area contributed by atoms with Gasteiger partial charge in [0, 0.05) is 13.0 Å². The minimum absolute atomic E-state index is 0.0603. The number of esters is 1. The molecule has 0 fully saturated rings. The second-order valence-corrected chi connectivity index (χ2v) is 2.48. The summed E-state index contributed by atoms with van der Waals surface area (Å²) in [5.41, 5.74) is 0. The second kappa shape index (κ2) is 7.73. The normalized spacial score (nSPS) is 9.69. The molecule has 0 N–H and O–H groups in total. The maximum atomic E-state index is 11.0. The van der Waals surface area contributed by atoms with E-state index in [2.05, 4.69) is 4.74 Å². The van der Waals surface area contributed by atoms with Crippen LogP contribution in [0.5, 0.6) is 0 Å². The van der Waals surface area contributed by atoms with E-state index in [0.717, 1.165) is 0 Å². The largest absolute Gasteiger partial charge is 0.466 e. The van der Waals surface area contributed by atoms with Crippen LogP contribution < -0.4 is 0 Å². The molecule has 0 amide bonds. The Bertz CT molecular complexity index is 165. The molecule has 4 nitrogen and oxygen atoms in total. The highest BCUT2D eigenvalue weighted by Crippen LogP contribution is 1.94. The van der Waals surface area contributed by atoms with Gasteiger partial charge in [0.25, 0.3) is 0 Å². The van der Waals surface area contributed by atoms with Crippen molar-refractivity contribution in [1.29, 1.82) is 0 Å². The van der Waals surface area contributed by atoms with E-state index >= 15 is 0 Å². The van der Waals surface area contributed by atoms with E-state index in [1.807, 2.05) is 6.92 Å². The van der Waals surface area contributed by atoms with Crippen molar-refractivity contribution in [2.45, 2.75) is 26.7 Å². The summed E-state index contributed by atoms with van der Waals surface area (Å²) < 4.78 is 9.55. The van der Waals surface area contributed by atoms with E-state index in [0.29, 0.717) is 13.2 Å². The molecular weight excluding hydrogens is 172 g/mol. The second-order valence-electron chi connectivity index (χ2n) is 2.48. The number of carbonyl (C=O) groups excluding carboxylic acids is 2. The number of Topliss-reactive ketones (excluding diaryl/α,β-unsaturated/α-hetero) is 1. The van der Waals surface area contributed by atoms with E-state index < -0.39 is 0 Å². The summed E-state index contributed by atoms with van der Waals surface area (Å²) in [7, 11) is 0. The molecule has 0 saturated carbocycles. The predicted molar refractivity (Wildman–Crippen MR) is 47.4 cm³/mol. The summed E-state index contributed by atoms with van der Waals surface area (Å²) in [5, 5.41) is 0. The highest BCUT2D eigenvalue weighted by Gasteiger charge is 2.06. The molecule has 0 rings (SSSR count). The summed E-state index contributed by atoms with van der Waals surface area (Å²) in [6, 6.07) is 0. The molecule has 0 bridgehead atoms. The SMILES string of the molecule is CCOCC(=O)CCC(=O)OCC. The number of ketones is 1. The highest BCUT2D eigenvalue weighted by atomic mass is 16.5. The van der Waals surface area contributed by atoms with Gasteiger partial charge in [-0.2, -0.15) is 0 Å². The van der Waals surface area contributed by atoms with Gasteiger partial charge in [0.15, 0.2) is 5.78 Å². The zero-order valence-corrected chi connectivity index (χ0v) is 8.17. The average molecular weight is 188 g/mol. The molecule has 0 aromatic heterocycles. The summed E-state index contributed by atoms with van der Waals surface area (Å²) in [6.07, 6.45) is 0.360. The molecule has 0 aliphatic heterocycles. The Morgan fingerprint density at radius 3 is 2.31 bits per heavy atom. The van der Waals surface area contributed by atoms with Gasteiger partial charge < -0.3 is 9.47 Å². The average Bonchev–Trinajstić information content (AvgIpc) is 2.12. The topological polar surface area (TPSA) is 52.6 Å². The van der Waals surface area contributed by atoms with Crippen molar-refractivity contribution >= 4 is 11.8 Å². The number of hydrogen-bond acceptors (Lipinski definition) is 4. The molecule has 0 saturated heterocycles. The van der Waals surface area contributed by atoms with Crippen LogP contribution in [0.4, 0.5) is 0 Å². The number of rotatable bonds is 7. The lowest BCUT2D eigenvalue weighted by Gasteiger charge is -2.01. The lowest BCUT2D eigenvalue weighted by molar-refractivity contribution is -0.144. The van der Waals surface area contributed by atoms with Gasteiger partial charge in [0.1, 0.15) is 6.61 Å². The van der Waals surface area contributed by atoms with Crippen LogP contribution in [-0.2, 0) is 19.1 Å². The maximum absolute atomic E-state index is 11.0. The molecule has 13 heavy (non-hydrogen) atoms. The van der Waals surface area contributed by atoms with Gasteiger partial charge in [-0.15, -0.1) is 0 Å². The highest BCUT2D eigenvalue weighted by molar-refractivity contribution is 5.83. The standard InChI is InChI=1S/C9H16O4/c1-3-12-7-8(10)5-6-9(11)13-4-2/h3-7H2,1-2H3. The molecule has 0 spiro atoms. The van der Waals surface area contributed by atoms with Gasteiger partial charge in [-0.3, -0.25) is 9.59 Å². The van der Waals surface area contributed by atoms with Crippen LogP contribution in [0.2, 0.25) is 0 Å². The zero-order valence-electron chi connectivity index (χ0n) is 8.17. The van der Waals surface area contributed by atoms with Gasteiger partial charge >= 0.3 is 5.97 Å². The molecule has 0 unspecified atom stereocenters. The Kier molecular flexibility index (Phi) is 7.20. The lowest BCUT2D eigenvalue weighted by atomic mass is 10.2. The fourth-order valence-electron chi connectivity index (χ4n) is 0.763. The van der Waals surface area contributed by atoms with Gasteiger partial charge in [-0.1, -0.05) is 0 Å². The smallest absolute Gasteiger partial charge is 0.306 e. The van der Waals surface area contributed by atoms with Gasteiger partial charge in [-0.25, -0.2) is 0 Å². The number of hydrogen-bond donors (Lipinski definition) is 0. The number of ether oxygens (including phenoxy) is 2. The van der Waals surface area contributed by atoms with Crippen molar-refractivity contribution in [3.8, 4) is 0 Å². The van der Waals surface area contributed by atoms with E-state index in [-0.39, 0.29) is 31.2 Å². The molecule has 0 aliphatic rings. The lowest BCUT2D eigenvalue weighted by Crippen LogP contribution is -2.12. The summed E-state index contributed by atoms with van der Waals surface area (Å²) >= 11 is 0. The van der Waals surface area contributed by atoms with E-state index in [4.69, 9.17) is 4.74 Å². The third-order valence-corrected chi connectivity index (χ3v) is 1.38. The Labute approximate surface area is 78.2 Å². The van der Waals surface area contributed by atoms with Gasteiger partial charge in [0.05, 0.1) is 13.0 Å². The quantitative estimate of drug-likeness (QED) is 0.558. The molecule has 0 aromatic carbocycles. The van der Waals surface area contributed by atoms with Gasteiger partial charge in [-0.05, 0) is 13.8 Å². The van der Waals surface area contributed by atoms with Crippen molar-refractivity contribution in [2.75, 3.05) is 19.8 Å². The fourth-order valence-corrected chi connectivity index (χ4v) is 0.763. The third-order valence-electron chi connectivity index (χ3n) is 1.38. The van der Waals surface area contributed by atoms with Crippen LogP contribution in [0.3, 0.4) is 0 Å².